The highest BCUT2D eigenvalue weighted by Gasteiger charge is 2.34. The van der Waals surface area contributed by atoms with Gasteiger partial charge >= 0.3 is 16.7 Å². The molecule has 0 spiro atoms. The molecule has 0 unspecified atom stereocenters. The van der Waals surface area contributed by atoms with Gasteiger partial charge in [-0.3, -0.25) is 0 Å². The van der Waals surface area contributed by atoms with Gasteiger partial charge < -0.3 is 4.84 Å². The first kappa shape index (κ1) is 23.6. The van der Waals surface area contributed by atoms with Gasteiger partial charge in [-0.05, 0) is 48.9 Å². The van der Waals surface area contributed by atoms with Crippen LogP contribution in [0.2, 0.25) is 5.02 Å². The standard InChI is InChI=1S/C17H14ClF4NO.HNO2S/c1-2-3-16(23-24-13-7-5-12(19)6-8-13)14-10-11(18)4-9-15(14)17(20,21)22;1-4(2)3/h4-10H,2-3H2,1H3;1H/b23-16+;. The van der Waals surface area contributed by atoms with Gasteiger partial charge in [-0.25, -0.2) is 4.39 Å². The molecule has 0 radical (unpaired) electrons. The average molecular weight is 439 g/mol. The molecule has 0 fully saturated rings. The number of nitrogens with one attached hydrogen (secondary N) is 1. The second-order valence-corrected chi connectivity index (χ2v) is 6.16. The fourth-order valence-corrected chi connectivity index (χ4v) is 2.24. The smallest absolute Gasteiger partial charge is 0.357 e. The van der Waals surface area contributed by atoms with Crippen molar-refractivity contribution in [2.75, 3.05) is 0 Å². The van der Waals surface area contributed by atoms with Crippen LogP contribution in [0.15, 0.2) is 47.6 Å². The number of hydrogen-bond donors (Lipinski definition) is 1. The first-order chi connectivity index (χ1) is 13.0. The Labute approximate surface area is 165 Å². The number of oxime groups is 1. The van der Waals surface area contributed by atoms with Crippen LogP contribution in [0.25, 0.3) is 0 Å². The third-order valence-electron chi connectivity index (χ3n) is 3.16. The zero-order valence-corrected chi connectivity index (χ0v) is 16.0. The van der Waals surface area contributed by atoms with Crippen LogP contribution < -0.4 is 4.84 Å². The summed E-state index contributed by atoms with van der Waals surface area (Å²) in [6, 6.07) is 8.33. The molecule has 0 amide bonds. The molecule has 5 nitrogen and oxygen atoms in total. The van der Waals surface area contributed by atoms with E-state index in [1.165, 1.54) is 36.4 Å². The molecule has 0 saturated carbocycles. The van der Waals surface area contributed by atoms with Crippen LogP contribution in [0.3, 0.4) is 0 Å². The van der Waals surface area contributed by atoms with Gasteiger partial charge in [0.05, 0.1) is 11.3 Å². The Balaban J connectivity index is 0.000000892. The Morgan fingerprint density at radius 2 is 1.75 bits per heavy atom. The van der Waals surface area contributed by atoms with Crippen molar-refractivity contribution in [2.45, 2.75) is 25.9 Å². The molecule has 0 saturated heterocycles. The lowest BCUT2D eigenvalue weighted by Gasteiger charge is -2.14. The Morgan fingerprint density at radius 3 is 2.25 bits per heavy atom. The first-order valence-corrected chi connectivity index (χ1v) is 9.17. The molecular formula is C17H15ClF4N2O3S. The van der Waals surface area contributed by atoms with E-state index in [9.17, 15) is 17.6 Å². The molecule has 0 bridgehead atoms. The minimum Gasteiger partial charge on any atom is -0.357 e. The monoisotopic (exact) mass is 438 g/mol. The highest BCUT2D eigenvalue weighted by molar-refractivity contribution is 7.60. The molecule has 1 N–H and O–H groups in total. The van der Waals surface area contributed by atoms with Crippen molar-refractivity contribution in [3.05, 3.63) is 64.4 Å². The minimum absolute atomic E-state index is 0.122. The highest BCUT2D eigenvalue weighted by Crippen LogP contribution is 2.34. The van der Waals surface area contributed by atoms with Crippen molar-refractivity contribution in [1.82, 2.24) is 0 Å². The van der Waals surface area contributed by atoms with Crippen molar-refractivity contribution in [2.24, 2.45) is 5.16 Å². The van der Waals surface area contributed by atoms with Gasteiger partial charge in [0, 0.05) is 10.6 Å². The number of rotatable bonds is 5. The van der Waals surface area contributed by atoms with Crippen LogP contribution in [0.4, 0.5) is 17.6 Å². The Kier molecular flexibility index (Phi) is 9.07. The molecular weight excluding hydrogens is 424 g/mol. The van der Waals surface area contributed by atoms with E-state index in [0.717, 1.165) is 6.07 Å². The van der Waals surface area contributed by atoms with E-state index < -0.39 is 28.1 Å². The SMILES string of the molecule is CCC/C(=N\Oc1ccc(F)cc1)c1cc(Cl)ccc1C(F)(F)F.N=S(=O)=O. The number of hydrogen-bond acceptors (Lipinski definition) is 5. The van der Waals surface area contributed by atoms with Gasteiger partial charge in [-0.1, -0.05) is 30.1 Å². The molecule has 28 heavy (non-hydrogen) atoms. The van der Waals surface area contributed by atoms with Crippen LogP contribution in [0.1, 0.15) is 30.9 Å². The van der Waals surface area contributed by atoms with Gasteiger partial charge in [-0.2, -0.15) is 26.4 Å². The lowest BCUT2D eigenvalue weighted by molar-refractivity contribution is -0.137. The molecule has 0 heterocycles. The normalized spacial score (nSPS) is 11.4. The molecule has 0 aliphatic carbocycles. The minimum atomic E-state index is -4.54. The molecule has 0 aromatic heterocycles. The maximum Gasteiger partial charge on any atom is 0.417 e. The maximum atomic E-state index is 13.2. The third-order valence-corrected chi connectivity index (χ3v) is 3.39. The molecule has 0 aliphatic rings. The van der Waals surface area contributed by atoms with Crippen LogP contribution in [-0.4, -0.2) is 14.1 Å². The van der Waals surface area contributed by atoms with Crippen molar-refractivity contribution in [1.29, 1.82) is 4.78 Å². The van der Waals surface area contributed by atoms with Crippen molar-refractivity contribution in [3.63, 3.8) is 0 Å². The summed E-state index contributed by atoms with van der Waals surface area (Å²) in [6.07, 6.45) is -3.70. The molecule has 2 aromatic rings. The summed E-state index contributed by atoms with van der Waals surface area (Å²) in [5, 5.41) is 4.00. The summed E-state index contributed by atoms with van der Waals surface area (Å²) in [4.78, 5) is 5.15. The van der Waals surface area contributed by atoms with E-state index in [0.29, 0.717) is 6.42 Å². The molecule has 2 aromatic carbocycles. The number of halogens is 5. The van der Waals surface area contributed by atoms with Crippen LogP contribution in [-0.2, 0) is 16.7 Å². The first-order valence-electron chi connectivity index (χ1n) is 7.71. The number of benzene rings is 2. The summed E-state index contributed by atoms with van der Waals surface area (Å²) in [5.41, 5.74) is -0.836. The second-order valence-electron chi connectivity index (χ2n) is 5.26. The molecule has 152 valence electrons. The highest BCUT2D eigenvalue weighted by atomic mass is 35.5. The van der Waals surface area contributed by atoms with E-state index >= 15 is 0 Å². The maximum absolute atomic E-state index is 13.2. The Hall–Kier alpha value is -2.46. The van der Waals surface area contributed by atoms with Crippen molar-refractivity contribution in [3.8, 4) is 5.75 Å². The summed E-state index contributed by atoms with van der Waals surface area (Å²) in [5.74, 6) is -0.227. The van der Waals surface area contributed by atoms with Gasteiger partial charge in [0.15, 0.2) is 5.75 Å². The Bertz CT molecular complexity index is 924. The van der Waals surface area contributed by atoms with E-state index in [4.69, 9.17) is 29.6 Å². The predicted molar refractivity (Wildman–Crippen MR) is 96.6 cm³/mol. The van der Waals surface area contributed by atoms with Gasteiger partial charge in [0.1, 0.15) is 5.82 Å². The summed E-state index contributed by atoms with van der Waals surface area (Å²) >= 11 is 5.84. The van der Waals surface area contributed by atoms with Crippen LogP contribution in [0.5, 0.6) is 5.75 Å². The van der Waals surface area contributed by atoms with Crippen LogP contribution >= 0.6 is 11.6 Å². The number of nitrogens with zero attached hydrogens (tertiary/aromatic N) is 1. The summed E-state index contributed by atoms with van der Waals surface area (Å²) in [7, 11) is -2.61. The lowest BCUT2D eigenvalue weighted by atomic mass is 9.99. The van der Waals surface area contributed by atoms with Crippen molar-refractivity contribution >= 4 is 27.8 Å². The largest absolute Gasteiger partial charge is 0.417 e. The summed E-state index contributed by atoms with van der Waals surface area (Å²) in [6.45, 7) is 1.81. The molecule has 0 aliphatic heterocycles. The Morgan fingerprint density at radius 1 is 1.18 bits per heavy atom. The van der Waals surface area contributed by atoms with E-state index in [1.54, 1.807) is 0 Å². The van der Waals surface area contributed by atoms with E-state index in [-0.39, 0.29) is 28.5 Å². The average Bonchev–Trinajstić information content (AvgIpc) is 2.58. The molecule has 2 rings (SSSR count). The predicted octanol–water partition coefficient (Wildman–Crippen LogP) is 5.71. The zero-order valence-electron chi connectivity index (χ0n) is 14.4. The van der Waals surface area contributed by atoms with Gasteiger partial charge in [0.2, 0.25) is 0 Å². The van der Waals surface area contributed by atoms with Gasteiger partial charge in [-0.15, -0.1) is 0 Å². The van der Waals surface area contributed by atoms with Crippen molar-refractivity contribution < 1.29 is 30.8 Å². The quantitative estimate of drug-likeness (QED) is 0.369. The topological polar surface area (TPSA) is 79.6 Å². The third kappa shape index (κ3) is 8.05. The molecule has 11 heteroatoms. The lowest BCUT2D eigenvalue weighted by Crippen LogP contribution is -2.14. The summed E-state index contributed by atoms with van der Waals surface area (Å²) < 4.78 is 75.3. The zero-order chi connectivity index (χ0) is 21.3. The van der Waals surface area contributed by atoms with E-state index in [2.05, 4.69) is 5.16 Å². The van der Waals surface area contributed by atoms with Gasteiger partial charge in [0.25, 0.3) is 0 Å². The number of alkyl halides is 3. The fourth-order valence-electron chi connectivity index (χ4n) is 2.07. The van der Waals surface area contributed by atoms with Crippen LogP contribution in [0, 0.1) is 10.6 Å². The van der Waals surface area contributed by atoms with E-state index in [1.807, 2.05) is 6.92 Å². The second kappa shape index (κ2) is 10.8. The fraction of sp³-hybridized carbons (Fsp3) is 0.235. The molecule has 0 atom stereocenters.